The molecule has 0 aliphatic heterocycles. The normalized spacial score (nSPS) is 10.3. The first-order valence-corrected chi connectivity index (χ1v) is 7.42. The van der Waals surface area contributed by atoms with Crippen molar-refractivity contribution in [3.63, 3.8) is 0 Å². The fourth-order valence-corrected chi connectivity index (χ4v) is 2.16. The van der Waals surface area contributed by atoms with E-state index in [0.717, 1.165) is 0 Å². The lowest BCUT2D eigenvalue weighted by Gasteiger charge is -2.09. The van der Waals surface area contributed by atoms with Crippen LogP contribution >= 0.6 is 34.8 Å². The summed E-state index contributed by atoms with van der Waals surface area (Å²) in [6.45, 7) is 1.14. The number of aryl methyl sites for hydroxylation is 1. The number of anilines is 1. The number of pyridine rings is 2. The van der Waals surface area contributed by atoms with E-state index < -0.39 is 18.5 Å². The quantitative estimate of drug-likeness (QED) is 0.654. The maximum atomic E-state index is 11.8. The van der Waals surface area contributed by atoms with Gasteiger partial charge < -0.3 is 10.1 Å². The number of halogens is 3. The van der Waals surface area contributed by atoms with E-state index >= 15 is 0 Å². The molecule has 9 heteroatoms. The molecule has 2 aromatic rings. The fourth-order valence-electron chi connectivity index (χ4n) is 1.56. The summed E-state index contributed by atoms with van der Waals surface area (Å²) in [6, 6.07) is 4.43. The molecule has 120 valence electrons. The van der Waals surface area contributed by atoms with Crippen LogP contribution in [0.3, 0.4) is 0 Å². The van der Waals surface area contributed by atoms with Crippen LogP contribution in [0.2, 0.25) is 15.2 Å². The van der Waals surface area contributed by atoms with Crippen LogP contribution in [0.15, 0.2) is 24.4 Å². The summed E-state index contributed by atoms with van der Waals surface area (Å²) < 4.78 is 4.86. The van der Waals surface area contributed by atoms with E-state index in [0.29, 0.717) is 10.7 Å². The Morgan fingerprint density at radius 3 is 2.70 bits per heavy atom. The first-order chi connectivity index (χ1) is 10.9. The van der Waals surface area contributed by atoms with Gasteiger partial charge in [0.2, 0.25) is 0 Å². The molecule has 0 aromatic carbocycles. The van der Waals surface area contributed by atoms with Crippen molar-refractivity contribution in [3.05, 3.63) is 50.9 Å². The molecule has 1 amide bonds. The van der Waals surface area contributed by atoms with Gasteiger partial charge in [-0.15, -0.1) is 0 Å². The average molecular weight is 375 g/mol. The minimum Gasteiger partial charge on any atom is -0.452 e. The number of nitrogens with one attached hydrogen (secondary N) is 1. The Balaban J connectivity index is 1.97. The molecule has 0 aliphatic carbocycles. The molecular weight excluding hydrogens is 365 g/mol. The van der Waals surface area contributed by atoms with Crippen molar-refractivity contribution in [1.29, 1.82) is 0 Å². The van der Waals surface area contributed by atoms with Gasteiger partial charge in [-0.25, -0.2) is 14.8 Å². The second kappa shape index (κ2) is 7.59. The van der Waals surface area contributed by atoms with E-state index in [1.807, 2.05) is 0 Å². The Hall–Kier alpha value is -1.89. The molecular formula is C14H10Cl3N3O3. The van der Waals surface area contributed by atoms with Crippen molar-refractivity contribution in [2.75, 3.05) is 11.9 Å². The summed E-state index contributed by atoms with van der Waals surface area (Å²) in [5.74, 6) is -1.23. The van der Waals surface area contributed by atoms with E-state index in [2.05, 4.69) is 15.3 Å². The topological polar surface area (TPSA) is 81.2 Å². The van der Waals surface area contributed by atoms with E-state index in [1.165, 1.54) is 24.4 Å². The maximum Gasteiger partial charge on any atom is 0.341 e. The summed E-state index contributed by atoms with van der Waals surface area (Å²) in [5, 5.41) is 2.99. The minimum absolute atomic E-state index is 0.00375. The Kier molecular flexibility index (Phi) is 5.76. The number of ether oxygens (including phenoxy) is 1. The summed E-state index contributed by atoms with van der Waals surface area (Å²) in [5.41, 5.74) is 0.575. The predicted octanol–water partition coefficient (Wildman–Crippen LogP) is 3.54. The molecule has 0 atom stereocenters. The lowest BCUT2D eigenvalue weighted by Crippen LogP contribution is -2.22. The maximum absolute atomic E-state index is 11.8. The van der Waals surface area contributed by atoms with Gasteiger partial charge in [-0.2, -0.15) is 0 Å². The summed E-state index contributed by atoms with van der Waals surface area (Å²) in [7, 11) is 0. The van der Waals surface area contributed by atoms with Crippen molar-refractivity contribution in [2.45, 2.75) is 6.92 Å². The van der Waals surface area contributed by atoms with Gasteiger partial charge in [0.1, 0.15) is 5.15 Å². The third-order valence-corrected chi connectivity index (χ3v) is 3.65. The van der Waals surface area contributed by atoms with E-state index in [9.17, 15) is 9.59 Å². The third-order valence-electron chi connectivity index (χ3n) is 2.68. The number of carbonyl (C=O) groups excluding carboxylic acids is 2. The minimum atomic E-state index is -0.760. The zero-order valence-electron chi connectivity index (χ0n) is 11.8. The number of hydrogen-bond acceptors (Lipinski definition) is 5. The SMILES string of the molecule is Cc1nc(NC(=O)COC(=O)c2cccnc2Cl)c(Cl)cc1Cl. The third kappa shape index (κ3) is 4.54. The zero-order valence-corrected chi connectivity index (χ0v) is 14.0. The van der Waals surface area contributed by atoms with Crippen molar-refractivity contribution in [1.82, 2.24) is 9.97 Å². The highest BCUT2D eigenvalue weighted by molar-refractivity contribution is 6.36. The van der Waals surface area contributed by atoms with Gasteiger partial charge in [0.05, 0.1) is 21.3 Å². The van der Waals surface area contributed by atoms with E-state index in [1.54, 1.807) is 6.92 Å². The van der Waals surface area contributed by atoms with Gasteiger partial charge in [0.25, 0.3) is 5.91 Å². The molecule has 23 heavy (non-hydrogen) atoms. The highest BCUT2D eigenvalue weighted by Crippen LogP contribution is 2.25. The van der Waals surface area contributed by atoms with Crippen LogP contribution in [-0.4, -0.2) is 28.5 Å². The van der Waals surface area contributed by atoms with Crippen LogP contribution in [0, 0.1) is 6.92 Å². The fraction of sp³-hybridized carbons (Fsp3) is 0.143. The van der Waals surface area contributed by atoms with Crippen molar-refractivity contribution in [3.8, 4) is 0 Å². The molecule has 0 radical (unpaired) electrons. The summed E-state index contributed by atoms with van der Waals surface area (Å²) in [6.07, 6.45) is 1.43. The molecule has 2 heterocycles. The number of esters is 1. The molecule has 0 aliphatic rings. The Morgan fingerprint density at radius 2 is 2.00 bits per heavy atom. The molecule has 0 saturated carbocycles. The molecule has 0 fully saturated rings. The molecule has 1 N–H and O–H groups in total. The lowest BCUT2D eigenvalue weighted by atomic mass is 10.3. The zero-order chi connectivity index (χ0) is 17.0. The number of aromatic nitrogens is 2. The molecule has 0 bridgehead atoms. The number of nitrogens with zero attached hydrogens (tertiary/aromatic N) is 2. The van der Waals surface area contributed by atoms with Gasteiger partial charge in [-0.3, -0.25) is 4.79 Å². The average Bonchev–Trinajstić information content (AvgIpc) is 2.51. The highest BCUT2D eigenvalue weighted by Gasteiger charge is 2.15. The predicted molar refractivity (Wildman–Crippen MR) is 87.2 cm³/mol. The van der Waals surface area contributed by atoms with Crippen molar-refractivity contribution >= 4 is 52.5 Å². The van der Waals surface area contributed by atoms with Crippen LogP contribution in [0.5, 0.6) is 0 Å². The van der Waals surface area contributed by atoms with Gasteiger partial charge in [0.15, 0.2) is 12.4 Å². The van der Waals surface area contributed by atoms with Crippen LogP contribution in [0.25, 0.3) is 0 Å². The van der Waals surface area contributed by atoms with Gasteiger partial charge in [-0.05, 0) is 25.1 Å². The Labute approximate surface area is 146 Å². The van der Waals surface area contributed by atoms with Crippen LogP contribution in [0.1, 0.15) is 16.1 Å². The number of rotatable bonds is 4. The molecule has 2 rings (SSSR count). The highest BCUT2D eigenvalue weighted by atomic mass is 35.5. The molecule has 0 spiro atoms. The van der Waals surface area contributed by atoms with E-state index in [-0.39, 0.29) is 21.6 Å². The Bertz CT molecular complexity index is 768. The standard InChI is InChI=1S/C14H10Cl3N3O3/c1-7-9(15)5-10(16)13(19-7)20-11(21)6-23-14(22)8-3-2-4-18-12(8)17/h2-5H,6H2,1H3,(H,19,20,21). The van der Waals surface area contributed by atoms with Crippen molar-refractivity contribution < 1.29 is 14.3 Å². The monoisotopic (exact) mass is 373 g/mol. The first kappa shape index (κ1) is 17.5. The van der Waals surface area contributed by atoms with Crippen LogP contribution in [-0.2, 0) is 9.53 Å². The van der Waals surface area contributed by atoms with Crippen LogP contribution < -0.4 is 5.32 Å². The summed E-state index contributed by atoms with van der Waals surface area (Å²) in [4.78, 5) is 31.4. The van der Waals surface area contributed by atoms with Gasteiger partial charge in [0, 0.05) is 6.20 Å². The second-order valence-electron chi connectivity index (χ2n) is 4.35. The number of carbonyl (C=O) groups is 2. The summed E-state index contributed by atoms with van der Waals surface area (Å²) >= 11 is 17.6. The van der Waals surface area contributed by atoms with Crippen molar-refractivity contribution in [2.24, 2.45) is 0 Å². The second-order valence-corrected chi connectivity index (χ2v) is 5.52. The van der Waals surface area contributed by atoms with Gasteiger partial charge in [-0.1, -0.05) is 34.8 Å². The number of hydrogen-bond donors (Lipinski definition) is 1. The Morgan fingerprint density at radius 1 is 1.26 bits per heavy atom. The molecule has 0 unspecified atom stereocenters. The number of amides is 1. The smallest absolute Gasteiger partial charge is 0.341 e. The van der Waals surface area contributed by atoms with Crippen LogP contribution in [0.4, 0.5) is 5.82 Å². The first-order valence-electron chi connectivity index (χ1n) is 6.28. The van der Waals surface area contributed by atoms with E-state index in [4.69, 9.17) is 39.5 Å². The van der Waals surface area contributed by atoms with Gasteiger partial charge >= 0.3 is 5.97 Å². The molecule has 6 nitrogen and oxygen atoms in total. The molecule has 0 saturated heterocycles. The largest absolute Gasteiger partial charge is 0.452 e. The molecule has 2 aromatic heterocycles. The lowest BCUT2D eigenvalue weighted by molar-refractivity contribution is -0.119.